The summed E-state index contributed by atoms with van der Waals surface area (Å²) < 4.78 is 10.4. The summed E-state index contributed by atoms with van der Waals surface area (Å²) in [6, 6.07) is 6.29. The van der Waals surface area contributed by atoms with Crippen LogP contribution in [0, 0.1) is 13.8 Å². The van der Waals surface area contributed by atoms with Crippen LogP contribution < -0.4 is 0 Å². The second kappa shape index (κ2) is 6.03. The fraction of sp³-hybridized carbons (Fsp3) is 0.250. The highest BCUT2D eigenvalue weighted by molar-refractivity contribution is 5.66. The van der Waals surface area contributed by atoms with Crippen molar-refractivity contribution >= 4 is 0 Å². The van der Waals surface area contributed by atoms with Crippen LogP contribution in [0.2, 0.25) is 0 Å². The highest BCUT2D eigenvalue weighted by Gasteiger charge is 2.12. The number of aromatic nitrogens is 4. The van der Waals surface area contributed by atoms with Gasteiger partial charge in [0.1, 0.15) is 6.61 Å². The Kier molecular flexibility index (Phi) is 3.93. The van der Waals surface area contributed by atoms with Crippen LogP contribution in [0.15, 0.2) is 35.0 Å². The van der Waals surface area contributed by atoms with Gasteiger partial charge in [0.15, 0.2) is 0 Å². The minimum Gasteiger partial charge on any atom is -0.416 e. The summed E-state index contributed by atoms with van der Waals surface area (Å²) in [5, 5.41) is 7.78. The van der Waals surface area contributed by atoms with Crippen molar-refractivity contribution in [3.63, 3.8) is 0 Å². The van der Waals surface area contributed by atoms with E-state index in [-0.39, 0.29) is 6.61 Å². The zero-order chi connectivity index (χ0) is 15.5. The molecule has 0 atom stereocenters. The van der Waals surface area contributed by atoms with Crippen LogP contribution in [0.5, 0.6) is 0 Å². The summed E-state index contributed by atoms with van der Waals surface area (Å²) in [5.74, 6) is 1.10. The second-order valence-electron chi connectivity index (χ2n) is 5.05. The zero-order valence-corrected chi connectivity index (χ0v) is 12.7. The predicted molar refractivity (Wildman–Crippen MR) is 80.9 cm³/mol. The van der Waals surface area contributed by atoms with Gasteiger partial charge in [0.05, 0.1) is 0 Å². The van der Waals surface area contributed by atoms with Gasteiger partial charge in [-0.2, -0.15) is 0 Å². The first-order valence-electron chi connectivity index (χ1n) is 6.88. The summed E-state index contributed by atoms with van der Waals surface area (Å²) in [7, 11) is 1.57. The van der Waals surface area contributed by atoms with Crippen LogP contribution in [0.25, 0.3) is 22.8 Å². The molecule has 22 heavy (non-hydrogen) atoms. The maximum absolute atomic E-state index is 5.42. The fourth-order valence-corrected chi connectivity index (χ4v) is 2.24. The maximum atomic E-state index is 5.42. The Morgan fingerprint density at radius 3 is 2.55 bits per heavy atom. The van der Waals surface area contributed by atoms with E-state index in [0.29, 0.717) is 17.6 Å². The van der Waals surface area contributed by atoms with Crippen molar-refractivity contribution in [2.24, 2.45) is 0 Å². The normalized spacial score (nSPS) is 10.9. The van der Waals surface area contributed by atoms with Gasteiger partial charge < -0.3 is 9.15 Å². The number of hydrogen-bond donors (Lipinski definition) is 0. The molecule has 3 aromatic rings. The third-order valence-electron chi connectivity index (χ3n) is 3.27. The van der Waals surface area contributed by atoms with Gasteiger partial charge in [-0.15, -0.1) is 10.2 Å². The fourth-order valence-electron chi connectivity index (χ4n) is 2.24. The Labute approximate surface area is 128 Å². The first kappa shape index (κ1) is 14.3. The lowest BCUT2D eigenvalue weighted by atomic mass is 10.0. The van der Waals surface area contributed by atoms with Crippen molar-refractivity contribution in [2.75, 3.05) is 7.11 Å². The van der Waals surface area contributed by atoms with Crippen molar-refractivity contribution in [3.8, 4) is 22.8 Å². The minimum atomic E-state index is 0.271. The largest absolute Gasteiger partial charge is 0.416 e. The second-order valence-corrected chi connectivity index (χ2v) is 5.05. The van der Waals surface area contributed by atoms with Crippen molar-refractivity contribution in [1.29, 1.82) is 0 Å². The third-order valence-corrected chi connectivity index (χ3v) is 3.27. The molecule has 0 fully saturated rings. The number of methoxy groups -OCH3 is 1. The molecule has 2 heterocycles. The van der Waals surface area contributed by atoms with E-state index in [1.165, 1.54) is 11.1 Å². The number of aryl methyl sites for hydroxylation is 2. The first-order valence-corrected chi connectivity index (χ1v) is 6.88. The molecule has 0 aliphatic rings. The quantitative estimate of drug-likeness (QED) is 0.737. The van der Waals surface area contributed by atoms with Gasteiger partial charge in [-0.1, -0.05) is 23.8 Å². The molecule has 0 saturated carbocycles. The molecule has 0 amide bonds. The van der Waals surface area contributed by atoms with Gasteiger partial charge in [-0.05, 0) is 25.0 Å². The van der Waals surface area contributed by atoms with Crippen molar-refractivity contribution < 1.29 is 9.15 Å². The third kappa shape index (κ3) is 2.87. The molecule has 0 aliphatic heterocycles. The molecule has 0 unspecified atom stereocenters. The number of hydrogen-bond acceptors (Lipinski definition) is 6. The molecule has 6 nitrogen and oxygen atoms in total. The highest BCUT2D eigenvalue weighted by atomic mass is 16.5. The monoisotopic (exact) mass is 296 g/mol. The SMILES string of the molecule is COCc1nnc(-c2ncc(-c3ccc(C)cc3C)cn2)o1. The van der Waals surface area contributed by atoms with Gasteiger partial charge in [-0.3, -0.25) is 0 Å². The van der Waals surface area contributed by atoms with E-state index in [2.05, 4.69) is 52.2 Å². The molecule has 0 bridgehead atoms. The van der Waals surface area contributed by atoms with E-state index in [4.69, 9.17) is 9.15 Å². The number of ether oxygens (including phenoxy) is 1. The molecule has 6 heteroatoms. The van der Waals surface area contributed by atoms with Gasteiger partial charge in [0.2, 0.25) is 11.7 Å². The van der Waals surface area contributed by atoms with E-state index < -0.39 is 0 Å². The van der Waals surface area contributed by atoms with Crippen LogP contribution in [0.3, 0.4) is 0 Å². The molecule has 2 aromatic heterocycles. The molecular weight excluding hydrogens is 280 g/mol. The molecular formula is C16H16N4O2. The summed E-state index contributed by atoms with van der Waals surface area (Å²) in [6.07, 6.45) is 3.53. The van der Waals surface area contributed by atoms with E-state index in [1.807, 2.05) is 0 Å². The van der Waals surface area contributed by atoms with E-state index in [0.717, 1.165) is 11.1 Å². The smallest absolute Gasteiger partial charge is 0.285 e. The lowest BCUT2D eigenvalue weighted by molar-refractivity contribution is 0.160. The average molecular weight is 296 g/mol. The number of rotatable bonds is 4. The Morgan fingerprint density at radius 2 is 1.86 bits per heavy atom. The number of benzene rings is 1. The lowest BCUT2D eigenvalue weighted by Gasteiger charge is -2.06. The van der Waals surface area contributed by atoms with Crippen LogP contribution in [0.1, 0.15) is 17.0 Å². The summed E-state index contributed by atoms with van der Waals surface area (Å²) in [6.45, 7) is 4.42. The Bertz CT molecular complexity index is 781. The Balaban J connectivity index is 1.88. The van der Waals surface area contributed by atoms with Gasteiger partial charge >= 0.3 is 0 Å². The molecule has 0 saturated heterocycles. The maximum Gasteiger partial charge on any atom is 0.285 e. The van der Waals surface area contributed by atoms with E-state index >= 15 is 0 Å². The van der Waals surface area contributed by atoms with Crippen LogP contribution >= 0.6 is 0 Å². The topological polar surface area (TPSA) is 73.9 Å². The molecule has 0 radical (unpaired) electrons. The molecule has 0 spiro atoms. The molecule has 0 N–H and O–H groups in total. The van der Waals surface area contributed by atoms with E-state index in [1.54, 1.807) is 19.5 Å². The molecule has 1 aromatic carbocycles. The van der Waals surface area contributed by atoms with Crippen molar-refractivity contribution in [2.45, 2.75) is 20.5 Å². The van der Waals surface area contributed by atoms with Crippen LogP contribution in [-0.4, -0.2) is 27.3 Å². The molecule has 0 aliphatic carbocycles. The van der Waals surface area contributed by atoms with Crippen LogP contribution in [0.4, 0.5) is 0 Å². The highest BCUT2D eigenvalue weighted by Crippen LogP contribution is 2.24. The standard InChI is InChI=1S/C16H16N4O2/c1-10-4-5-13(11(2)6-10)12-7-17-15(18-8-12)16-20-19-14(22-16)9-21-3/h4-8H,9H2,1-3H3. The predicted octanol–water partition coefficient (Wildman–Crippen LogP) is 2.96. The average Bonchev–Trinajstić information content (AvgIpc) is 2.97. The summed E-state index contributed by atoms with van der Waals surface area (Å²) in [5.41, 5.74) is 4.49. The van der Waals surface area contributed by atoms with Gasteiger partial charge in [0, 0.05) is 25.1 Å². The summed E-state index contributed by atoms with van der Waals surface area (Å²) >= 11 is 0. The number of nitrogens with zero attached hydrogens (tertiary/aromatic N) is 4. The lowest BCUT2D eigenvalue weighted by Crippen LogP contribution is -1.91. The van der Waals surface area contributed by atoms with Crippen molar-refractivity contribution in [3.05, 3.63) is 47.6 Å². The minimum absolute atomic E-state index is 0.271. The molecule has 3 rings (SSSR count). The molecule has 112 valence electrons. The van der Waals surface area contributed by atoms with Crippen molar-refractivity contribution in [1.82, 2.24) is 20.2 Å². The Morgan fingerprint density at radius 1 is 1.09 bits per heavy atom. The summed E-state index contributed by atoms with van der Waals surface area (Å²) in [4.78, 5) is 8.63. The Hall–Kier alpha value is -2.60. The van der Waals surface area contributed by atoms with Gasteiger partial charge in [-0.25, -0.2) is 9.97 Å². The van der Waals surface area contributed by atoms with Gasteiger partial charge in [0.25, 0.3) is 5.89 Å². The first-order chi connectivity index (χ1) is 10.7. The zero-order valence-electron chi connectivity index (χ0n) is 12.7. The van der Waals surface area contributed by atoms with Crippen LogP contribution in [-0.2, 0) is 11.3 Å². The van der Waals surface area contributed by atoms with E-state index in [9.17, 15) is 0 Å².